The highest BCUT2D eigenvalue weighted by Crippen LogP contribution is 2.31. The lowest BCUT2D eigenvalue weighted by atomic mass is 10.0. The molecule has 8 heteroatoms. The summed E-state index contributed by atoms with van der Waals surface area (Å²) in [6.45, 7) is 2.60. The Morgan fingerprint density at radius 2 is 1.81 bits per heavy atom. The van der Waals surface area contributed by atoms with E-state index in [1.54, 1.807) is 17.0 Å². The zero-order valence-corrected chi connectivity index (χ0v) is 18.7. The van der Waals surface area contributed by atoms with Crippen LogP contribution in [0.25, 0.3) is 0 Å². The van der Waals surface area contributed by atoms with Crippen LogP contribution in [0.1, 0.15) is 24.5 Å². The van der Waals surface area contributed by atoms with E-state index >= 15 is 0 Å². The molecule has 1 N–H and O–H groups in total. The number of hydrogen-bond acceptors (Lipinski definition) is 5. The molecule has 1 atom stereocenters. The fourth-order valence-electron chi connectivity index (χ4n) is 3.66. The van der Waals surface area contributed by atoms with Gasteiger partial charge in [0.15, 0.2) is 6.61 Å². The van der Waals surface area contributed by atoms with Crippen molar-refractivity contribution in [3.8, 4) is 5.75 Å². The maximum absolute atomic E-state index is 12.3. The molecule has 2 amide bonds. The van der Waals surface area contributed by atoms with Crippen LogP contribution in [0.15, 0.2) is 53.0 Å². The lowest BCUT2D eigenvalue weighted by Crippen LogP contribution is -2.35. The Labute approximate surface area is 189 Å². The van der Waals surface area contributed by atoms with E-state index in [-0.39, 0.29) is 24.7 Å². The third-order valence-electron chi connectivity index (χ3n) is 5.50. The summed E-state index contributed by atoms with van der Waals surface area (Å²) in [6, 6.07) is 14.8. The molecule has 0 aliphatic carbocycles. The molecule has 0 bridgehead atoms. The number of amides is 2. The van der Waals surface area contributed by atoms with Gasteiger partial charge in [0.25, 0.3) is 5.91 Å². The topological polar surface area (TPSA) is 77.1 Å². The van der Waals surface area contributed by atoms with Crippen molar-refractivity contribution in [2.45, 2.75) is 18.9 Å². The second-order valence-corrected chi connectivity index (χ2v) is 8.59. The third-order valence-corrected chi connectivity index (χ3v) is 6.03. The van der Waals surface area contributed by atoms with Crippen LogP contribution in [0.2, 0.25) is 0 Å². The Bertz CT molecular complexity index is 897. The Morgan fingerprint density at radius 3 is 2.52 bits per heavy atom. The highest BCUT2D eigenvalue weighted by Gasteiger charge is 2.33. The Hall–Kier alpha value is -2.58. The number of carbonyl (C=O) groups excluding carboxylic acids is 2. The lowest BCUT2D eigenvalue weighted by Gasteiger charge is -2.22. The number of hydrogen-bond donors (Lipinski definition) is 1. The van der Waals surface area contributed by atoms with Crippen molar-refractivity contribution in [2.24, 2.45) is 5.92 Å². The predicted octanol–water partition coefficient (Wildman–Crippen LogP) is 4.07. The van der Waals surface area contributed by atoms with Crippen LogP contribution in [0, 0.1) is 5.92 Å². The van der Waals surface area contributed by atoms with E-state index in [1.807, 2.05) is 36.4 Å². The van der Waals surface area contributed by atoms with Gasteiger partial charge >= 0.3 is 6.09 Å². The minimum Gasteiger partial charge on any atom is -0.484 e. The monoisotopic (exact) mass is 488 g/mol. The molecule has 2 aliphatic rings. The molecular formula is C23H25BrN2O5. The SMILES string of the molecule is O=C(COc1ccc(C2CN(c3ccc(Br)cc3)C(=O)O2)cc1)NCC1CCOCC1. The summed E-state index contributed by atoms with van der Waals surface area (Å²) in [5, 5.41) is 2.92. The fourth-order valence-corrected chi connectivity index (χ4v) is 3.92. The number of ether oxygens (including phenoxy) is 3. The molecule has 31 heavy (non-hydrogen) atoms. The molecule has 7 nitrogen and oxygen atoms in total. The average Bonchev–Trinajstić information content (AvgIpc) is 3.19. The normalized spacial score (nSPS) is 19.2. The van der Waals surface area contributed by atoms with Crippen LogP contribution in [0.3, 0.4) is 0 Å². The molecule has 2 aromatic carbocycles. The summed E-state index contributed by atoms with van der Waals surface area (Å²) in [7, 11) is 0. The van der Waals surface area contributed by atoms with Gasteiger partial charge < -0.3 is 19.5 Å². The lowest BCUT2D eigenvalue weighted by molar-refractivity contribution is -0.123. The number of benzene rings is 2. The Morgan fingerprint density at radius 1 is 1.10 bits per heavy atom. The van der Waals surface area contributed by atoms with E-state index in [4.69, 9.17) is 14.2 Å². The van der Waals surface area contributed by atoms with Crippen LogP contribution in [-0.4, -0.2) is 44.9 Å². The first-order valence-electron chi connectivity index (χ1n) is 10.4. The summed E-state index contributed by atoms with van der Waals surface area (Å²) in [4.78, 5) is 25.9. The van der Waals surface area contributed by atoms with Gasteiger partial charge in [-0.05, 0) is 60.7 Å². The van der Waals surface area contributed by atoms with E-state index in [0.717, 1.165) is 41.8 Å². The third kappa shape index (κ3) is 5.77. The van der Waals surface area contributed by atoms with Gasteiger partial charge in [0, 0.05) is 29.9 Å². The highest BCUT2D eigenvalue weighted by molar-refractivity contribution is 9.10. The summed E-state index contributed by atoms with van der Waals surface area (Å²) in [5.74, 6) is 0.938. The smallest absolute Gasteiger partial charge is 0.415 e. The van der Waals surface area contributed by atoms with Gasteiger partial charge in [0.1, 0.15) is 11.9 Å². The van der Waals surface area contributed by atoms with Gasteiger partial charge in [-0.2, -0.15) is 0 Å². The molecule has 0 spiro atoms. The molecule has 2 aliphatic heterocycles. The molecule has 2 saturated heterocycles. The van der Waals surface area contributed by atoms with Gasteiger partial charge in [-0.15, -0.1) is 0 Å². The van der Waals surface area contributed by atoms with Crippen molar-refractivity contribution in [2.75, 3.05) is 37.8 Å². The van der Waals surface area contributed by atoms with E-state index in [0.29, 0.717) is 24.8 Å². The van der Waals surface area contributed by atoms with Crippen LogP contribution >= 0.6 is 15.9 Å². The van der Waals surface area contributed by atoms with E-state index in [2.05, 4.69) is 21.2 Å². The molecule has 2 heterocycles. The second kappa shape index (κ2) is 10.2. The Balaban J connectivity index is 1.25. The van der Waals surface area contributed by atoms with Crippen LogP contribution in [-0.2, 0) is 14.3 Å². The molecule has 164 valence electrons. The molecule has 2 aromatic rings. The first-order chi connectivity index (χ1) is 15.1. The molecule has 2 fully saturated rings. The minimum atomic E-state index is -0.367. The first kappa shape index (κ1) is 21.6. The number of cyclic esters (lactones) is 1. The van der Waals surface area contributed by atoms with Gasteiger partial charge in [-0.3, -0.25) is 9.69 Å². The molecule has 1 unspecified atom stereocenters. The van der Waals surface area contributed by atoms with Crippen molar-refractivity contribution >= 4 is 33.6 Å². The fraction of sp³-hybridized carbons (Fsp3) is 0.391. The van der Waals surface area contributed by atoms with Gasteiger partial charge in [0.05, 0.1) is 6.54 Å². The van der Waals surface area contributed by atoms with Crippen LogP contribution in [0.5, 0.6) is 5.75 Å². The molecular weight excluding hydrogens is 464 g/mol. The van der Waals surface area contributed by atoms with Gasteiger partial charge in [-0.25, -0.2) is 4.79 Å². The van der Waals surface area contributed by atoms with Crippen molar-refractivity contribution < 1.29 is 23.8 Å². The van der Waals surface area contributed by atoms with E-state index < -0.39 is 0 Å². The largest absolute Gasteiger partial charge is 0.484 e. The van der Waals surface area contributed by atoms with Gasteiger partial charge in [0.2, 0.25) is 0 Å². The van der Waals surface area contributed by atoms with Crippen LogP contribution in [0.4, 0.5) is 10.5 Å². The number of nitrogens with one attached hydrogen (secondary N) is 1. The second-order valence-electron chi connectivity index (χ2n) is 7.68. The average molecular weight is 489 g/mol. The quantitative estimate of drug-likeness (QED) is 0.635. The van der Waals surface area contributed by atoms with Crippen molar-refractivity contribution in [1.82, 2.24) is 5.32 Å². The summed E-state index contributed by atoms with van der Waals surface area (Å²) >= 11 is 3.40. The van der Waals surface area contributed by atoms with Crippen molar-refractivity contribution in [1.29, 1.82) is 0 Å². The molecule has 0 aromatic heterocycles. The maximum Gasteiger partial charge on any atom is 0.415 e. The molecule has 4 rings (SSSR count). The van der Waals surface area contributed by atoms with Crippen LogP contribution < -0.4 is 15.0 Å². The highest BCUT2D eigenvalue weighted by atomic mass is 79.9. The summed E-state index contributed by atoms with van der Waals surface area (Å²) in [6.07, 6.45) is 1.24. The Kier molecular flexibility index (Phi) is 7.09. The molecule has 0 saturated carbocycles. The van der Waals surface area contributed by atoms with Gasteiger partial charge in [-0.1, -0.05) is 28.1 Å². The zero-order chi connectivity index (χ0) is 21.6. The minimum absolute atomic E-state index is 0.0294. The standard InChI is InChI=1S/C23H25BrN2O5/c24-18-3-5-19(6-4-18)26-14-21(31-23(26)28)17-1-7-20(8-2-17)30-15-22(27)25-13-16-9-11-29-12-10-16/h1-8,16,21H,9-15H2,(H,25,27). The zero-order valence-electron chi connectivity index (χ0n) is 17.1. The maximum atomic E-state index is 12.3. The number of carbonyl (C=O) groups is 2. The van der Waals surface area contributed by atoms with Crippen molar-refractivity contribution in [3.63, 3.8) is 0 Å². The molecule has 0 radical (unpaired) electrons. The predicted molar refractivity (Wildman–Crippen MR) is 119 cm³/mol. The number of nitrogens with zero attached hydrogens (tertiary/aromatic N) is 1. The number of rotatable bonds is 7. The number of halogens is 1. The summed E-state index contributed by atoms with van der Waals surface area (Å²) in [5.41, 5.74) is 1.67. The first-order valence-corrected chi connectivity index (χ1v) is 11.2. The summed E-state index contributed by atoms with van der Waals surface area (Å²) < 4.78 is 17.4. The van der Waals surface area contributed by atoms with E-state index in [9.17, 15) is 9.59 Å². The van der Waals surface area contributed by atoms with Crippen molar-refractivity contribution in [3.05, 3.63) is 58.6 Å². The number of anilines is 1. The van der Waals surface area contributed by atoms with E-state index in [1.165, 1.54) is 0 Å².